The van der Waals surface area contributed by atoms with Crippen molar-refractivity contribution in [2.45, 2.75) is 50.9 Å². The molecular formula is C29H34F5N3. The molecule has 1 saturated heterocycles. The van der Waals surface area contributed by atoms with E-state index in [9.17, 15) is 13.2 Å². The van der Waals surface area contributed by atoms with Crippen molar-refractivity contribution in [1.29, 1.82) is 0 Å². The Morgan fingerprint density at radius 2 is 1.78 bits per heavy atom. The van der Waals surface area contributed by atoms with Crippen LogP contribution in [-0.4, -0.2) is 66.5 Å². The Balaban J connectivity index is 1.51. The van der Waals surface area contributed by atoms with Crippen molar-refractivity contribution in [2.75, 3.05) is 39.5 Å². The van der Waals surface area contributed by atoms with Gasteiger partial charge in [-0.1, -0.05) is 25.1 Å². The molecule has 5 rings (SSSR count). The van der Waals surface area contributed by atoms with Gasteiger partial charge in [0.25, 0.3) is 0 Å². The van der Waals surface area contributed by atoms with Gasteiger partial charge in [-0.3, -0.25) is 9.29 Å². The van der Waals surface area contributed by atoms with E-state index < -0.39 is 30.5 Å². The lowest BCUT2D eigenvalue weighted by atomic mass is 9.81. The van der Waals surface area contributed by atoms with Crippen LogP contribution in [0.3, 0.4) is 0 Å². The highest BCUT2D eigenvalue weighted by molar-refractivity contribution is 5.85. The summed E-state index contributed by atoms with van der Waals surface area (Å²) < 4.78 is 71.7. The lowest BCUT2D eigenvalue weighted by Gasteiger charge is -2.43. The SMILES string of the molecule is C[C@@H]1Cc2c([nH]c3ccccc23)[C@@H](c2c(F)cc([C@H](C)C3CN(CCCF)C3)cc2F)N1C[C@@H](F)CF. The van der Waals surface area contributed by atoms with E-state index in [2.05, 4.69) is 9.88 Å². The molecule has 1 N–H and O–H groups in total. The number of hydrogen-bond donors (Lipinski definition) is 1. The molecule has 2 aliphatic heterocycles. The summed E-state index contributed by atoms with van der Waals surface area (Å²) in [5.41, 5.74) is 2.88. The zero-order valence-electron chi connectivity index (χ0n) is 21.3. The molecule has 3 heterocycles. The number of H-pyrrole nitrogens is 1. The van der Waals surface area contributed by atoms with E-state index in [1.54, 1.807) is 4.90 Å². The zero-order chi connectivity index (χ0) is 26.3. The molecule has 2 aromatic carbocycles. The maximum atomic E-state index is 15.9. The Hall–Kier alpha value is -2.45. The van der Waals surface area contributed by atoms with Gasteiger partial charge in [0.05, 0.1) is 12.7 Å². The van der Waals surface area contributed by atoms with Crippen LogP contribution in [-0.2, 0) is 6.42 Å². The first-order valence-corrected chi connectivity index (χ1v) is 13.1. The summed E-state index contributed by atoms with van der Waals surface area (Å²) in [5, 5.41) is 0.977. The van der Waals surface area contributed by atoms with Gasteiger partial charge in [-0.15, -0.1) is 0 Å². The lowest BCUT2D eigenvalue weighted by molar-refractivity contribution is 0.0809. The minimum Gasteiger partial charge on any atom is -0.357 e. The first-order chi connectivity index (χ1) is 17.8. The quantitative estimate of drug-likeness (QED) is 0.327. The molecule has 0 unspecified atom stereocenters. The molecular weight excluding hydrogens is 485 g/mol. The third-order valence-corrected chi connectivity index (χ3v) is 8.29. The van der Waals surface area contributed by atoms with Crippen LogP contribution in [0.15, 0.2) is 36.4 Å². The first-order valence-electron chi connectivity index (χ1n) is 13.1. The molecule has 1 aromatic heterocycles. The fraction of sp³-hybridized carbons (Fsp3) is 0.517. The van der Waals surface area contributed by atoms with E-state index in [0.717, 1.165) is 29.6 Å². The number of nitrogens with zero attached hydrogens (tertiary/aromatic N) is 2. The highest BCUT2D eigenvalue weighted by atomic mass is 19.2. The largest absolute Gasteiger partial charge is 0.357 e. The van der Waals surface area contributed by atoms with E-state index in [1.165, 1.54) is 12.1 Å². The van der Waals surface area contributed by atoms with Crippen molar-refractivity contribution in [3.63, 3.8) is 0 Å². The van der Waals surface area contributed by atoms with E-state index in [1.807, 2.05) is 38.1 Å². The van der Waals surface area contributed by atoms with E-state index in [0.29, 0.717) is 30.6 Å². The number of aromatic amines is 1. The summed E-state index contributed by atoms with van der Waals surface area (Å²) in [5.74, 6) is -1.18. The summed E-state index contributed by atoms with van der Waals surface area (Å²) in [6.45, 7) is 4.34. The van der Waals surface area contributed by atoms with Crippen LogP contribution in [0.1, 0.15) is 54.6 Å². The number of alkyl halides is 3. The van der Waals surface area contributed by atoms with Gasteiger partial charge in [0.1, 0.15) is 24.5 Å². The van der Waals surface area contributed by atoms with E-state index in [-0.39, 0.29) is 36.7 Å². The second kappa shape index (κ2) is 10.7. The number of nitrogens with one attached hydrogen (secondary N) is 1. The van der Waals surface area contributed by atoms with E-state index in [4.69, 9.17) is 0 Å². The lowest BCUT2D eigenvalue weighted by Crippen LogP contribution is -2.49. The molecule has 0 spiro atoms. The molecule has 1 fully saturated rings. The van der Waals surface area contributed by atoms with Gasteiger partial charge in [0.2, 0.25) is 0 Å². The number of halogens is 5. The smallest absolute Gasteiger partial charge is 0.141 e. The summed E-state index contributed by atoms with van der Waals surface area (Å²) in [4.78, 5) is 7.17. The fourth-order valence-corrected chi connectivity index (χ4v) is 6.17. The van der Waals surface area contributed by atoms with Crippen LogP contribution < -0.4 is 0 Å². The Morgan fingerprint density at radius 1 is 1.08 bits per heavy atom. The number of para-hydroxylation sites is 1. The average Bonchev–Trinajstić information content (AvgIpc) is 3.22. The van der Waals surface area contributed by atoms with Gasteiger partial charge in [-0.25, -0.2) is 17.6 Å². The van der Waals surface area contributed by atoms with Crippen LogP contribution in [0.2, 0.25) is 0 Å². The third kappa shape index (κ3) is 4.90. The minimum absolute atomic E-state index is 0.0635. The number of benzene rings is 2. The van der Waals surface area contributed by atoms with Crippen LogP contribution in [0.5, 0.6) is 0 Å². The Kier molecular flexibility index (Phi) is 7.59. The van der Waals surface area contributed by atoms with Crippen LogP contribution in [0, 0.1) is 17.6 Å². The summed E-state index contributed by atoms with van der Waals surface area (Å²) in [6, 6.07) is 9.33. The Morgan fingerprint density at radius 3 is 2.46 bits per heavy atom. The second-order valence-electron chi connectivity index (χ2n) is 10.7. The maximum Gasteiger partial charge on any atom is 0.141 e. The summed E-state index contributed by atoms with van der Waals surface area (Å²) in [6.07, 6.45) is -0.693. The number of fused-ring (bicyclic) bond motifs is 3. The van der Waals surface area contributed by atoms with Gasteiger partial charge in [-0.05, 0) is 60.9 Å². The number of aromatic nitrogens is 1. The van der Waals surface area contributed by atoms with Gasteiger partial charge in [0.15, 0.2) is 0 Å². The molecule has 37 heavy (non-hydrogen) atoms. The van der Waals surface area contributed by atoms with Gasteiger partial charge in [0, 0.05) is 54.4 Å². The standard InChI is InChI=1S/C29H34F5N3/c1-17-10-23-22-6-3-4-7-26(22)35-28(23)29(37(17)16-21(32)13-31)27-24(33)11-19(12-25(27)34)18(2)20-14-36(15-20)9-5-8-30/h3-4,6-7,11-12,17-18,20-21,29,35H,5,8-10,13-16H2,1-2H3/t17-,18+,21+,29-/m1/s1. The highest BCUT2D eigenvalue weighted by Gasteiger charge is 2.40. The normalized spacial score (nSPS) is 22.7. The monoisotopic (exact) mass is 519 g/mol. The van der Waals surface area contributed by atoms with Crippen molar-refractivity contribution in [2.24, 2.45) is 5.92 Å². The molecule has 200 valence electrons. The molecule has 3 aromatic rings. The summed E-state index contributed by atoms with van der Waals surface area (Å²) in [7, 11) is 0. The maximum absolute atomic E-state index is 15.9. The van der Waals surface area contributed by atoms with Crippen LogP contribution in [0.25, 0.3) is 10.9 Å². The number of rotatable bonds is 9. The van der Waals surface area contributed by atoms with Gasteiger partial charge >= 0.3 is 0 Å². The van der Waals surface area contributed by atoms with Crippen molar-refractivity contribution >= 4 is 10.9 Å². The van der Waals surface area contributed by atoms with Crippen molar-refractivity contribution < 1.29 is 22.0 Å². The predicted molar refractivity (Wildman–Crippen MR) is 136 cm³/mol. The Labute approximate surface area is 214 Å². The number of hydrogen-bond acceptors (Lipinski definition) is 2. The molecule has 3 nitrogen and oxygen atoms in total. The minimum atomic E-state index is -1.75. The summed E-state index contributed by atoms with van der Waals surface area (Å²) >= 11 is 0. The van der Waals surface area contributed by atoms with Crippen molar-refractivity contribution in [3.05, 3.63) is 70.4 Å². The second-order valence-corrected chi connectivity index (χ2v) is 10.7. The first kappa shape index (κ1) is 26.2. The molecule has 0 aliphatic carbocycles. The van der Waals surface area contributed by atoms with Crippen molar-refractivity contribution in [3.8, 4) is 0 Å². The zero-order valence-corrected chi connectivity index (χ0v) is 21.3. The molecule has 4 atom stereocenters. The van der Waals surface area contributed by atoms with Crippen LogP contribution >= 0.6 is 0 Å². The topological polar surface area (TPSA) is 22.3 Å². The molecule has 0 bridgehead atoms. The van der Waals surface area contributed by atoms with Crippen LogP contribution in [0.4, 0.5) is 22.0 Å². The van der Waals surface area contributed by atoms with Crippen molar-refractivity contribution in [1.82, 2.24) is 14.8 Å². The average molecular weight is 520 g/mol. The molecule has 8 heteroatoms. The Bertz CT molecular complexity index is 1210. The van der Waals surface area contributed by atoms with E-state index >= 15 is 8.78 Å². The van der Waals surface area contributed by atoms with Gasteiger partial charge in [-0.2, -0.15) is 0 Å². The predicted octanol–water partition coefficient (Wildman–Crippen LogP) is 6.48. The molecule has 2 aliphatic rings. The van der Waals surface area contributed by atoms with Gasteiger partial charge < -0.3 is 9.88 Å². The third-order valence-electron chi connectivity index (χ3n) is 8.29. The number of likely N-dealkylation sites (tertiary alicyclic amines) is 1. The fourth-order valence-electron chi connectivity index (χ4n) is 6.17. The molecule has 0 radical (unpaired) electrons. The molecule has 0 amide bonds. The highest BCUT2D eigenvalue weighted by Crippen LogP contribution is 2.43. The molecule has 0 saturated carbocycles.